The number of aromatic nitrogens is 1. The number of halogens is 1. The Bertz CT molecular complexity index is 647. The fourth-order valence-corrected chi connectivity index (χ4v) is 2.70. The van der Waals surface area contributed by atoms with Gasteiger partial charge in [0.05, 0.1) is 11.1 Å². The predicted molar refractivity (Wildman–Crippen MR) is 89.0 cm³/mol. The maximum Gasteiger partial charge on any atom is 0.264 e. The van der Waals surface area contributed by atoms with E-state index >= 15 is 0 Å². The van der Waals surface area contributed by atoms with E-state index in [0.717, 1.165) is 30.7 Å². The Morgan fingerprint density at radius 1 is 1.10 bits per heavy atom. The molecular weight excluding hydrogens is 330 g/mol. The van der Waals surface area contributed by atoms with Crippen LogP contribution in [-0.2, 0) is 6.54 Å². The van der Waals surface area contributed by atoms with Crippen molar-refractivity contribution in [2.24, 2.45) is 0 Å². The van der Waals surface area contributed by atoms with Gasteiger partial charge in [-0.3, -0.25) is 4.79 Å². The van der Waals surface area contributed by atoms with Gasteiger partial charge in [0.2, 0.25) is 0 Å². The number of ether oxygens (including phenoxy) is 1. The lowest BCUT2D eigenvalue weighted by Gasteiger charge is -2.09. The smallest absolute Gasteiger partial charge is 0.264 e. The number of rotatable bonds is 6. The second-order valence-electron chi connectivity index (χ2n) is 5.23. The third kappa shape index (κ3) is 4.74. The van der Waals surface area contributed by atoms with E-state index in [9.17, 15) is 4.79 Å². The number of hydrogen-bond donors (Lipinski definition) is 0. The van der Waals surface area contributed by atoms with E-state index in [1.807, 2.05) is 43.5 Å². The highest BCUT2D eigenvalue weighted by molar-refractivity contribution is 9.10. The maximum atomic E-state index is 11.9. The number of aryl methyl sites for hydroxylation is 3. The lowest BCUT2D eigenvalue weighted by molar-refractivity contribution is 0.303. The first-order valence-electron chi connectivity index (χ1n) is 7.12. The monoisotopic (exact) mass is 349 g/mol. The lowest BCUT2D eigenvalue weighted by atomic mass is 10.2. The molecule has 0 amide bonds. The zero-order valence-corrected chi connectivity index (χ0v) is 14.0. The standard InChI is InChI=1S/C17H20BrNO2/c1-13-5-7-15(8-6-13)21-10-4-3-9-19-12-14(2)11-16(18)17(19)20/h5-8,11-12H,3-4,9-10H2,1-2H3. The molecule has 0 saturated heterocycles. The molecule has 0 aliphatic carbocycles. The minimum Gasteiger partial charge on any atom is -0.494 e. The fourth-order valence-electron chi connectivity index (χ4n) is 2.12. The average molecular weight is 350 g/mol. The molecule has 0 spiro atoms. The number of hydrogen-bond acceptors (Lipinski definition) is 2. The Labute approximate surface area is 133 Å². The summed E-state index contributed by atoms with van der Waals surface area (Å²) in [6.45, 7) is 5.43. The highest BCUT2D eigenvalue weighted by Crippen LogP contribution is 2.12. The summed E-state index contributed by atoms with van der Waals surface area (Å²) in [4.78, 5) is 11.9. The van der Waals surface area contributed by atoms with E-state index in [1.165, 1.54) is 5.56 Å². The zero-order valence-electron chi connectivity index (χ0n) is 12.4. The Balaban J connectivity index is 1.77. The predicted octanol–water partition coefficient (Wildman–Crippen LogP) is 4.09. The Morgan fingerprint density at radius 2 is 1.81 bits per heavy atom. The highest BCUT2D eigenvalue weighted by Gasteiger charge is 2.02. The van der Waals surface area contributed by atoms with Gasteiger partial charge in [0.1, 0.15) is 5.75 Å². The van der Waals surface area contributed by atoms with Crippen molar-refractivity contribution < 1.29 is 4.74 Å². The van der Waals surface area contributed by atoms with Gasteiger partial charge in [-0.25, -0.2) is 0 Å². The fraction of sp³-hybridized carbons (Fsp3) is 0.353. The van der Waals surface area contributed by atoms with Crippen LogP contribution < -0.4 is 10.3 Å². The molecule has 0 aliphatic rings. The summed E-state index contributed by atoms with van der Waals surface area (Å²) in [5, 5.41) is 0. The molecule has 0 fully saturated rings. The molecular formula is C17H20BrNO2. The maximum absolute atomic E-state index is 11.9. The average Bonchev–Trinajstić information content (AvgIpc) is 2.45. The molecule has 1 aromatic carbocycles. The summed E-state index contributed by atoms with van der Waals surface area (Å²) in [5.74, 6) is 0.899. The van der Waals surface area contributed by atoms with Gasteiger partial charge < -0.3 is 9.30 Å². The molecule has 0 radical (unpaired) electrons. The quantitative estimate of drug-likeness (QED) is 0.735. The summed E-state index contributed by atoms with van der Waals surface area (Å²) in [5.41, 5.74) is 2.34. The van der Waals surface area contributed by atoms with Crippen molar-refractivity contribution in [3.63, 3.8) is 0 Å². The van der Waals surface area contributed by atoms with E-state index in [-0.39, 0.29) is 5.56 Å². The summed E-state index contributed by atoms with van der Waals surface area (Å²) >= 11 is 3.30. The largest absolute Gasteiger partial charge is 0.494 e. The number of benzene rings is 1. The van der Waals surface area contributed by atoms with Gasteiger partial charge in [0.25, 0.3) is 5.56 Å². The molecule has 21 heavy (non-hydrogen) atoms. The SMILES string of the molecule is Cc1ccc(OCCCCn2cc(C)cc(Br)c2=O)cc1. The van der Waals surface area contributed by atoms with Crippen molar-refractivity contribution in [3.8, 4) is 5.75 Å². The van der Waals surface area contributed by atoms with Gasteiger partial charge in [-0.1, -0.05) is 17.7 Å². The molecule has 2 aromatic rings. The molecule has 0 atom stereocenters. The van der Waals surface area contributed by atoms with Crippen molar-refractivity contribution in [2.75, 3.05) is 6.61 Å². The van der Waals surface area contributed by atoms with Gasteiger partial charge in [-0.05, 0) is 66.4 Å². The van der Waals surface area contributed by atoms with E-state index in [2.05, 4.69) is 22.9 Å². The molecule has 0 saturated carbocycles. The molecule has 0 N–H and O–H groups in total. The van der Waals surface area contributed by atoms with E-state index in [1.54, 1.807) is 4.57 Å². The van der Waals surface area contributed by atoms with Gasteiger partial charge in [-0.2, -0.15) is 0 Å². The topological polar surface area (TPSA) is 31.2 Å². The van der Waals surface area contributed by atoms with Crippen LogP contribution >= 0.6 is 15.9 Å². The molecule has 0 bridgehead atoms. The number of pyridine rings is 1. The van der Waals surface area contributed by atoms with Crippen molar-refractivity contribution in [2.45, 2.75) is 33.2 Å². The molecule has 0 unspecified atom stereocenters. The second-order valence-corrected chi connectivity index (χ2v) is 6.09. The highest BCUT2D eigenvalue weighted by atomic mass is 79.9. The third-order valence-corrected chi connectivity index (χ3v) is 3.83. The van der Waals surface area contributed by atoms with Crippen LogP contribution in [0.25, 0.3) is 0 Å². The van der Waals surface area contributed by atoms with Gasteiger partial charge in [0.15, 0.2) is 0 Å². The van der Waals surface area contributed by atoms with Crippen molar-refractivity contribution in [3.05, 3.63) is 62.5 Å². The Morgan fingerprint density at radius 3 is 2.52 bits per heavy atom. The summed E-state index contributed by atoms with van der Waals surface area (Å²) in [6.07, 6.45) is 3.74. The molecule has 3 nitrogen and oxygen atoms in total. The van der Waals surface area contributed by atoms with Crippen molar-refractivity contribution >= 4 is 15.9 Å². The minimum atomic E-state index is 0.0278. The molecule has 2 rings (SSSR count). The summed E-state index contributed by atoms with van der Waals surface area (Å²) in [6, 6.07) is 9.90. The van der Waals surface area contributed by atoms with E-state index in [4.69, 9.17) is 4.74 Å². The first-order chi connectivity index (χ1) is 10.1. The van der Waals surface area contributed by atoms with Crippen LogP contribution in [0, 0.1) is 13.8 Å². The van der Waals surface area contributed by atoms with Gasteiger partial charge in [0, 0.05) is 12.7 Å². The van der Waals surface area contributed by atoms with Gasteiger partial charge >= 0.3 is 0 Å². The zero-order chi connectivity index (χ0) is 15.2. The van der Waals surface area contributed by atoms with Crippen LogP contribution in [0.5, 0.6) is 5.75 Å². The van der Waals surface area contributed by atoms with Crippen molar-refractivity contribution in [1.29, 1.82) is 0 Å². The summed E-state index contributed by atoms with van der Waals surface area (Å²) in [7, 11) is 0. The number of nitrogens with zero attached hydrogens (tertiary/aromatic N) is 1. The molecule has 4 heteroatoms. The normalized spacial score (nSPS) is 10.6. The molecule has 0 aliphatic heterocycles. The molecule has 112 valence electrons. The van der Waals surface area contributed by atoms with Crippen LogP contribution in [0.4, 0.5) is 0 Å². The van der Waals surface area contributed by atoms with Crippen molar-refractivity contribution in [1.82, 2.24) is 4.57 Å². The Kier molecular flexibility index (Phi) is 5.62. The van der Waals surface area contributed by atoms with Crippen LogP contribution in [0.15, 0.2) is 45.8 Å². The van der Waals surface area contributed by atoms with Crippen LogP contribution in [0.2, 0.25) is 0 Å². The van der Waals surface area contributed by atoms with E-state index in [0.29, 0.717) is 11.1 Å². The first kappa shape index (κ1) is 15.8. The lowest BCUT2D eigenvalue weighted by Crippen LogP contribution is -2.20. The number of unbranched alkanes of at least 4 members (excludes halogenated alkanes) is 1. The third-order valence-electron chi connectivity index (χ3n) is 3.26. The second kappa shape index (κ2) is 7.46. The van der Waals surface area contributed by atoms with E-state index < -0.39 is 0 Å². The molecule has 1 aromatic heterocycles. The first-order valence-corrected chi connectivity index (χ1v) is 7.91. The van der Waals surface area contributed by atoms with Crippen LogP contribution in [-0.4, -0.2) is 11.2 Å². The van der Waals surface area contributed by atoms with Crippen LogP contribution in [0.3, 0.4) is 0 Å². The molecule has 1 heterocycles. The minimum absolute atomic E-state index is 0.0278. The summed E-state index contributed by atoms with van der Waals surface area (Å²) < 4.78 is 8.06. The Hall–Kier alpha value is -1.55. The van der Waals surface area contributed by atoms with Crippen LogP contribution in [0.1, 0.15) is 24.0 Å². The van der Waals surface area contributed by atoms with Gasteiger partial charge in [-0.15, -0.1) is 0 Å².